The summed E-state index contributed by atoms with van der Waals surface area (Å²) in [4.78, 5) is 24.3. The van der Waals surface area contributed by atoms with Gasteiger partial charge < -0.3 is 9.47 Å². The average Bonchev–Trinajstić information content (AvgIpc) is 2.65. The number of pyridine rings is 1. The quantitative estimate of drug-likeness (QED) is 0.746. The van der Waals surface area contributed by atoms with E-state index in [0.29, 0.717) is 35.6 Å². The molecule has 0 unspecified atom stereocenters. The Morgan fingerprint density at radius 1 is 1.29 bits per heavy atom. The lowest BCUT2D eigenvalue weighted by molar-refractivity contribution is -0.143. The van der Waals surface area contributed by atoms with Crippen LogP contribution >= 0.6 is 0 Å². The molecule has 0 bridgehead atoms. The molecule has 0 amide bonds. The summed E-state index contributed by atoms with van der Waals surface area (Å²) in [5.41, 5.74) is 1.82. The maximum atomic E-state index is 12.8. The molecule has 0 fully saturated rings. The van der Waals surface area contributed by atoms with Crippen molar-refractivity contribution in [2.24, 2.45) is 0 Å². The Balaban J connectivity index is 1.96. The number of ether oxygens (including phenoxy) is 2. The van der Waals surface area contributed by atoms with Crippen LogP contribution in [0.3, 0.4) is 0 Å². The average molecular weight is 378 g/mol. The van der Waals surface area contributed by atoms with Gasteiger partial charge in [-0.3, -0.25) is 14.2 Å². The van der Waals surface area contributed by atoms with E-state index in [9.17, 15) is 14.9 Å². The zero-order valence-electron chi connectivity index (χ0n) is 16.2. The van der Waals surface area contributed by atoms with E-state index in [-0.39, 0.29) is 17.9 Å². The van der Waals surface area contributed by atoms with Crippen molar-refractivity contribution < 1.29 is 14.3 Å². The summed E-state index contributed by atoms with van der Waals surface area (Å²) in [6, 6.07) is 10.6. The van der Waals surface area contributed by atoms with Gasteiger partial charge in [0.2, 0.25) is 0 Å². The molecular formula is C22H22N2O4. The molecule has 1 aromatic heterocycles. The lowest BCUT2D eigenvalue weighted by Crippen LogP contribution is -2.32. The largest absolute Gasteiger partial charge is 0.483 e. The van der Waals surface area contributed by atoms with Gasteiger partial charge in [-0.15, -0.1) is 0 Å². The lowest BCUT2D eigenvalue weighted by atomic mass is 9.97. The van der Waals surface area contributed by atoms with Crippen LogP contribution in [0.1, 0.15) is 43.9 Å². The van der Waals surface area contributed by atoms with Gasteiger partial charge in [-0.05, 0) is 63.1 Å². The van der Waals surface area contributed by atoms with Gasteiger partial charge in [0.15, 0.2) is 0 Å². The summed E-state index contributed by atoms with van der Waals surface area (Å²) in [6.45, 7) is 5.92. The molecule has 0 atom stereocenters. The maximum Gasteiger partial charge on any atom is 0.306 e. The van der Waals surface area contributed by atoms with Gasteiger partial charge in [0.1, 0.15) is 11.4 Å². The topological polar surface area (TPSA) is 81.3 Å². The summed E-state index contributed by atoms with van der Waals surface area (Å²) in [7, 11) is 0. The summed E-state index contributed by atoms with van der Waals surface area (Å²) in [5.74, 6) is 0.346. The molecule has 1 aliphatic rings. The number of rotatable bonds is 5. The second kappa shape index (κ2) is 7.73. The molecule has 6 heteroatoms. The highest BCUT2D eigenvalue weighted by Gasteiger charge is 2.28. The molecule has 1 aromatic carbocycles. The molecule has 28 heavy (non-hydrogen) atoms. The number of esters is 1. The standard InChI is InChI=1S/C22H22N2O4/c1-4-27-21(26)8-6-15-9-10-24(20(25)12-15)18-13-22(2,3)28-19-7-5-16(14-23)11-17(18)19/h5,7,9-13H,4,6,8H2,1-3H3. The van der Waals surface area contributed by atoms with Crippen LogP contribution in [0, 0.1) is 11.3 Å². The van der Waals surface area contributed by atoms with Crippen molar-refractivity contribution in [3.8, 4) is 11.8 Å². The third kappa shape index (κ3) is 4.15. The number of carbonyl (C=O) groups excluding carboxylic acids is 1. The van der Waals surface area contributed by atoms with Crippen LogP contribution in [0.25, 0.3) is 5.70 Å². The fourth-order valence-electron chi connectivity index (χ4n) is 3.16. The molecule has 0 N–H and O–H groups in total. The monoisotopic (exact) mass is 378 g/mol. The number of aryl methyl sites for hydroxylation is 1. The van der Waals surface area contributed by atoms with Crippen molar-refractivity contribution >= 4 is 11.7 Å². The normalized spacial score (nSPS) is 14.3. The zero-order chi connectivity index (χ0) is 20.3. The van der Waals surface area contributed by atoms with E-state index < -0.39 is 5.60 Å². The highest BCUT2D eigenvalue weighted by molar-refractivity contribution is 5.74. The summed E-state index contributed by atoms with van der Waals surface area (Å²) < 4.78 is 12.4. The number of aromatic nitrogens is 1. The van der Waals surface area contributed by atoms with Crippen molar-refractivity contribution in [3.05, 3.63) is 69.6 Å². The lowest BCUT2D eigenvalue weighted by Gasteiger charge is -2.31. The van der Waals surface area contributed by atoms with Crippen LogP contribution in [0.15, 0.2) is 47.4 Å². The minimum atomic E-state index is -0.599. The molecule has 144 valence electrons. The zero-order valence-corrected chi connectivity index (χ0v) is 16.2. The van der Waals surface area contributed by atoms with Gasteiger partial charge in [-0.2, -0.15) is 5.26 Å². The van der Waals surface area contributed by atoms with E-state index in [2.05, 4.69) is 6.07 Å². The predicted octanol–water partition coefficient (Wildman–Crippen LogP) is 3.28. The number of carbonyl (C=O) groups is 1. The summed E-state index contributed by atoms with van der Waals surface area (Å²) >= 11 is 0. The Morgan fingerprint density at radius 2 is 2.07 bits per heavy atom. The molecule has 0 saturated heterocycles. The second-order valence-corrected chi connectivity index (χ2v) is 7.11. The third-order valence-electron chi connectivity index (χ3n) is 4.41. The van der Waals surface area contributed by atoms with Crippen LogP contribution in [0.4, 0.5) is 0 Å². The second-order valence-electron chi connectivity index (χ2n) is 7.11. The Hall–Kier alpha value is -3.33. The van der Waals surface area contributed by atoms with Crippen molar-refractivity contribution in [2.75, 3.05) is 6.61 Å². The van der Waals surface area contributed by atoms with E-state index in [1.807, 2.05) is 26.0 Å². The first-order chi connectivity index (χ1) is 13.3. The number of benzene rings is 1. The van der Waals surface area contributed by atoms with E-state index >= 15 is 0 Å². The number of hydrogen-bond donors (Lipinski definition) is 0. The Kier molecular flexibility index (Phi) is 5.36. The highest BCUT2D eigenvalue weighted by Crippen LogP contribution is 2.36. The van der Waals surface area contributed by atoms with Crippen LogP contribution < -0.4 is 10.3 Å². The predicted molar refractivity (Wildman–Crippen MR) is 105 cm³/mol. The van der Waals surface area contributed by atoms with Gasteiger partial charge in [-0.25, -0.2) is 0 Å². The maximum absolute atomic E-state index is 12.8. The van der Waals surface area contributed by atoms with Crippen molar-refractivity contribution in [1.82, 2.24) is 4.57 Å². The minimum Gasteiger partial charge on any atom is -0.483 e. The SMILES string of the molecule is CCOC(=O)CCc1ccn(C2=CC(C)(C)Oc3ccc(C#N)cc32)c(=O)c1. The molecule has 2 aromatic rings. The summed E-state index contributed by atoms with van der Waals surface area (Å²) in [5, 5.41) is 9.22. The molecule has 0 saturated carbocycles. The number of fused-ring (bicyclic) bond motifs is 1. The van der Waals surface area contributed by atoms with Crippen molar-refractivity contribution in [2.45, 2.75) is 39.2 Å². The first-order valence-electron chi connectivity index (χ1n) is 9.17. The van der Waals surface area contributed by atoms with E-state index in [1.54, 1.807) is 31.3 Å². The Morgan fingerprint density at radius 3 is 2.75 bits per heavy atom. The van der Waals surface area contributed by atoms with Crippen LogP contribution in [0.2, 0.25) is 0 Å². The first kappa shape index (κ1) is 19.4. The van der Waals surface area contributed by atoms with Crippen molar-refractivity contribution in [1.29, 1.82) is 5.26 Å². The van der Waals surface area contributed by atoms with Gasteiger partial charge in [0.25, 0.3) is 5.56 Å². The van der Waals surface area contributed by atoms with Gasteiger partial charge in [0, 0.05) is 24.2 Å². The third-order valence-corrected chi connectivity index (χ3v) is 4.41. The fraction of sp³-hybridized carbons (Fsp3) is 0.318. The van der Waals surface area contributed by atoms with E-state index in [1.165, 1.54) is 10.6 Å². The van der Waals surface area contributed by atoms with E-state index in [0.717, 1.165) is 5.56 Å². The van der Waals surface area contributed by atoms with Gasteiger partial charge in [-0.1, -0.05) is 0 Å². The Labute approximate surface area is 163 Å². The number of hydrogen-bond acceptors (Lipinski definition) is 5. The number of nitriles is 1. The molecule has 2 heterocycles. The van der Waals surface area contributed by atoms with Gasteiger partial charge in [0.05, 0.1) is 23.9 Å². The fourth-order valence-corrected chi connectivity index (χ4v) is 3.16. The molecule has 3 rings (SSSR count). The molecular weight excluding hydrogens is 356 g/mol. The summed E-state index contributed by atoms with van der Waals surface area (Å²) in [6.07, 6.45) is 4.24. The number of nitrogens with zero attached hydrogens (tertiary/aromatic N) is 2. The minimum absolute atomic E-state index is 0.210. The molecule has 6 nitrogen and oxygen atoms in total. The Bertz CT molecular complexity index is 1040. The van der Waals surface area contributed by atoms with Crippen molar-refractivity contribution in [3.63, 3.8) is 0 Å². The van der Waals surface area contributed by atoms with Crippen LogP contribution in [-0.4, -0.2) is 22.7 Å². The molecule has 0 aliphatic carbocycles. The molecule has 0 spiro atoms. The smallest absolute Gasteiger partial charge is 0.306 e. The van der Waals surface area contributed by atoms with Gasteiger partial charge >= 0.3 is 5.97 Å². The molecule has 0 radical (unpaired) electrons. The first-order valence-corrected chi connectivity index (χ1v) is 9.17. The van der Waals surface area contributed by atoms with E-state index in [4.69, 9.17) is 9.47 Å². The highest BCUT2D eigenvalue weighted by atomic mass is 16.5. The van der Waals surface area contributed by atoms with Crippen LogP contribution in [0.5, 0.6) is 5.75 Å². The molecule has 1 aliphatic heterocycles. The van der Waals surface area contributed by atoms with Crippen LogP contribution in [-0.2, 0) is 16.0 Å².